The molecule has 0 heterocycles. The summed E-state index contributed by atoms with van der Waals surface area (Å²) in [6.07, 6.45) is 4.12. The van der Waals surface area contributed by atoms with Gasteiger partial charge in [-0.3, -0.25) is 0 Å². The Bertz CT molecular complexity index is 187. The smallest absolute Gasteiger partial charge is 0.0790 e. The van der Waals surface area contributed by atoms with Gasteiger partial charge in [0.2, 0.25) is 0 Å². The fourth-order valence-corrected chi connectivity index (χ4v) is 1.90. The Kier molecular flexibility index (Phi) is 4.63. The second-order valence-corrected chi connectivity index (χ2v) is 4.32. The first-order valence-electron chi connectivity index (χ1n) is 5.62. The Labute approximate surface area is 87.7 Å². The van der Waals surface area contributed by atoms with Crippen LogP contribution in [0.3, 0.4) is 0 Å². The Hall–Kier alpha value is -0.340. The van der Waals surface area contributed by atoms with Crippen molar-refractivity contribution >= 4 is 0 Å². The van der Waals surface area contributed by atoms with E-state index in [2.05, 4.69) is 25.7 Å². The highest BCUT2D eigenvalue weighted by Gasteiger charge is 2.36. The molecular formula is C12H23NO. The minimum absolute atomic E-state index is 0.332. The molecule has 0 aromatic rings. The molecule has 0 spiro atoms. The molecule has 0 radical (unpaired) electrons. The van der Waals surface area contributed by atoms with Crippen LogP contribution in [0.1, 0.15) is 33.1 Å². The van der Waals surface area contributed by atoms with Crippen LogP contribution in [0.2, 0.25) is 0 Å². The first kappa shape index (κ1) is 11.7. The summed E-state index contributed by atoms with van der Waals surface area (Å²) in [4.78, 5) is 0. The third kappa shape index (κ3) is 3.10. The van der Waals surface area contributed by atoms with Crippen molar-refractivity contribution in [2.75, 3.05) is 13.7 Å². The van der Waals surface area contributed by atoms with Gasteiger partial charge in [-0.25, -0.2) is 0 Å². The van der Waals surface area contributed by atoms with Gasteiger partial charge in [-0.1, -0.05) is 19.1 Å². The summed E-state index contributed by atoms with van der Waals surface area (Å²) in [5.41, 5.74) is 1.19. The number of ether oxygens (including phenoxy) is 1. The zero-order chi connectivity index (χ0) is 10.6. The van der Waals surface area contributed by atoms with Crippen LogP contribution < -0.4 is 5.32 Å². The van der Waals surface area contributed by atoms with Gasteiger partial charge in [0, 0.05) is 7.11 Å². The third-order valence-corrected chi connectivity index (χ3v) is 2.83. The van der Waals surface area contributed by atoms with E-state index in [-0.39, 0.29) is 0 Å². The normalized spacial score (nSPS) is 20.5. The van der Waals surface area contributed by atoms with Crippen LogP contribution in [0, 0.1) is 5.92 Å². The van der Waals surface area contributed by atoms with Crippen molar-refractivity contribution in [2.24, 2.45) is 5.92 Å². The Morgan fingerprint density at radius 3 is 2.57 bits per heavy atom. The number of methoxy groups -OCH3 is 1. The summed E-state index contributed by atoms with van der Waals surface area (Å²) in [6.45, 7) is 9.36. The van der Waals surface area contributed by atoms with E-state index in [9.17, 15) is 0 Å². The molecule has 1 N–H and O–H groups in total. The summed E-state index contributed by atoms with van der Waals surface area (Å²) < 4.78 is 5.57. The van der Waals surface area contributed by atoms with E-state index in [4.69, 9.17) is 4.74 Å². The predicted octanol–water partition coefficient (Wildman–Crippen LogP) is 2.36. The molecule has 1 rings (SSSR count). The zero-order valence-electron chi connectivity index (χ0n) is 9.68. The average molecular weight is 197 g/mol. The van der Waals surface area contributed by atoms with Crippen molar-refractivity contribution in [3.05, 3.63) is 12.2 Å². The Balaban J connectivity index is 2.49. The van der Waals surface area contributed by atoms with Gasteiger partial charge in [0.15, 0.2) is 0 Å². The standard InChI is InChI=1S/C12H23NO/c1-5-8-13-11(9(2)3)12(14-4)10-6-7-10/h10-13H,2,5-8H2,1,3-4H3. The molecule has 14 heavy (non-hydrogen) atoms. The second-order valence-electron chi connectivity index (χ2n) is 4.32. The van der Waals surface area contributed by atoms with Gasteiger partial charge < -0.3 is 10.1 Å². The lowest BCUT2D eigenvalue weighted by molar-refractivity contribution is 0.0615. The lowest BCUT2D eigenvalue weighted by atomic mass is 10.00. The van der Waals surface area contributed by atoms with Crippen molar-refractivity contribution in [3.63, 3.8) is 0 Å². The summed E-state index contributed by atoms with van der Waals surface area (Å²) in [5, 5.41) is 3.52. The van der Waals surface area contributed by atoms with E-state index < -0.39 is 0 Å². The molecule has 1 aliphatic rings. The second kappa shape index (κ2) is 5.52. The maximum absolute atomic E-state index is 5.57. The van der Waals surface area contributed by atoms with E-state index >= 15 is 0 Å². The summed E-state index contributed by atoms with van der Waals surface area (Å²) in [6, 6.07) is 0.340. The van der Waals surface area contributed by atoms with Gasteiger partial charge >= 0.3 is 0 Å². The molecule has 0 amide bonds. The van der Waals surface area contributed by atoms with Gasteiger partial charge in [-0.05, 0) is 38.6 Å². The third-order valence-electron chi connectivity index (χ3n) is 2.83. The van der Waals surface area contributed by atoms with E-state index in [1.807, 2.05) is 7.11 Å². The van der Waals surface area contributed by atoms with Crippen LogP contribution in [-0.2, 0) is 4.74 Å². The lowest BCUT2D eigenvalue weighted by Crippen LogP contribution is -2.43. The average Bonchev–Trinajstić information content (AvgIpc) is 2.95. The first-order chi connectivity index (χ1) is 6.70. The van der Waals surface area contributed by atoms with Crippen molar-refractivity contribution in [3.8, 4) is 0 Å². The quantitative estimate of drug-likeness (QED) is 0.633. The largest absolute Gasteiger partial charge is 0.379 e. The first-order valence-corrected chi connectivity index (χ1v) is 5.62. The van der Waals surface area contributed by atoms with Crippen molar-refractivity contribution < 1.29 is 4.74 Å². The minimum atomic E-state index is 0.332. The van der Waals surface area contributed by atoms with Crippen LogP contribution in [0.25, 0.3) is 0 Å². The summed E-state index contributed by atoms with van der Waals surface area (Å²) >= 11 is 0. The fraction of sp³-hybridized carbons (Fsp3) is 0.833. The van der Waals surface area contributed by atoms with Crippen LogP contribution >= 0.6 is 0 Å². The Morgan fingerprint density at radius 1 is 1.57 bits per heavy atom. The molecule has 2 unspecified atom stereocenters. The molecule has 0 aliphatic heterocycles. The van der Waals surface area contributed by atoms with Gasteiger partial charge in [-0.15, -0.1) is 0 Å². The van der Waals surface area contributed by atoms with Crippen molar-refractivity contribution in [1.82, 2.24) is 5.32 Å². The van der Waals surface area contributed by atoms with Gasteiger partial charge in [0.25, 0.3) is 0 Å². The van der Waals surface area contributed by atoms with E-state index in [1.54, 1.807) is 0 Å². The molecular weight excluding hydrogens is 174 g/mol. The van der Waals surface area contributed by atoms with Crippen molar-refractivity contribution in [1.29, 1.82) is 0 Å². The summed E-state index contributed by atoms with van der Waals surface area (Å²) in [7, 11) is 1.81. The monoisotopic (exact) mass is 197 g/mol. The maximum atomic E-state index is 5.57. The van der Waals surface area contributed by atoms with Gasteiger partial charge in [-0.2, -0.15) is 0 Å². The fourth-order valence-electron chi connectivity index (χ4n) is 1.90. The molecule has 0 bridgehead atoms. The molecule has 2 atom stereocenters. The molecule has 0 aromatic heterocycles. The highest BCUT2D eigenvalue weighted by Crippen LogP contribution is 2.36. The SMILES string of the molecule is C=C(C)C(NCCC)C(OC)C1CC1. The zero-order valence-corrected chi connectivity index (χ0v) is 9.68. The minimum Gasteiger partial charge on any atom is -0.379 e. The predicted molar refractivity (Wildman–Crippen MR) is 60.4 cm³/mol. The molecule has 1 aliphatic carbocycles. The highest BCUT2D eigenvalue weighted by atomic mass is 16.5. The highest BCUT2D eigenvalue weighted by molar-refractivity contribution is 5.08. The van der Waals surface area contributed by atoms with Crippen LogP contribution in [0.15, 0.2) is 12.2 Å². The molecule has 2 nitrogen and oxygen atoms in total. The molecule has 1 saturated carbocycles. The lowest BCUT2D eigenvalue weighted by Gasteiger charge is -2.27. The molecule has 82 valence electrons. The topological polar surface area (TPSA) is 21.3 Å². The molecule has 1 fully saturated rings. The molecule has 2 heteroatoms. The number of nitrogens with one attached hydrogen (secondary N) is 1. The van der Waals surface area contributed by atoms with E-state index in [0.29, 0.717) is 12.1 Å². The van der Waals surface area contributed by atoms with Crippen LogP contribution in [0.5, 0.6) is 0 Å². The summed E-state index contributed by atoms with van der Waals surface area (Å²) in [5.74, 6) is 0.756. The van der Waals surface area contributed by atoms with E-state index in [0.717, 1.165) is 18.9 Å². The molecule has 0 aromatic carbocycles. The van der Waals surface area contributed by atoms with Gasteiger partial charge in [0.1, 0.15) is 0 Å². The maximum Gasteiger partial charge on any atom is 0.0790 e. The van der Waals surface area contributed by atoms with Crippen LogP contribution in [0.4, 0.5) is 0 Å². The number of rotatable bonds is 7. The van der Waals surface area contributed by atoms with Crippen molar-refractivity contribution in [2.45, 2.75) is 45.3 Å². The van der Waals surface area contributed by atoms with Gasteiger partial charge in [0.05, 0.1) is 12.1 Å². The number of hydrogen-bond acceptors (Lipinski definition) is 2. The molecule has 0 saturated heterocycles. The van der Waals surface area contributed by atoms with E-state index in [1.165, 1.54) is 18.4 Å². The Morgan fingerprint density at radius 2 is 2.21 bits per heavy atom. The number of hydrogen-bond donors (Lipinski definition) is 1. The van der Waals surface area contributed by atoms with Crippen LogP contribution in [-0.4, -0.2) is 25.8 Å².